The number of hydrogen-bond donors (Lipinski definition) is 2. The minimum absolute atomic E-state index is 0.112. The van der Waals surface area contributed by atoms with E-state index in [0.717, 1.165) is 36.6 Å². The first-order valence-electron chi connectivity index (χ1n) is 10.5. The third-order valence-electron chi connectivity index (χ3n) is 5.95. The van der Waals surface area contributed by atoms with Gasteiger partial charge in [0.1, 0.15) is 5.82 Å². The fourth-order valence-corrected chi connectivity index (χ4v) is 4.19. The largest absolute Gasteiger partial charge is 0.398 e. The zero-order chi connectivity index (χ0) is 22.8. The number of nitrogens with two attached hydrogens (primary N) is 1. The van der Waals surface area contributed by atoms with Crippen molar-refractivity contribution in [1.82, 2.24) is 14.9 Å². The molecule has 164 valence electrons. The van der Waals surface area contributed by atoms with Crippen LogP contribution in [0.15, 0.2) is 48.7 Å². The Labute approximate surface area is 191 Å². The average Bonchev–Trinajstić information content (AvgIpc) is 2.80. The lowest BCUT2D eigenvalue weighted by molar-refractivity contribution is 0.277. The van der Waals surface area contributed by atoms with Gasteiger partial charge in [-0.3, -0.25) is 4.98 Å². The highest BCUT2D eigenvalue weighted by Gasteiger charge is 2.18. The van der Waals surface area contributed by atoms with Crippen LogP contribution in [0.25, 0.3) is 27.9 Å². The number of halogens is 2. The fourth-order valence-electron chi connectivity index (χ4n) is 4.02. The standard InChI is InChI=1S/C25H25ClFN5/c1-32(2)18-6-3-15(4-7-18)16-11-24-23(30-14-16)10-9-22(31-24)20(13-28)25(29)19-12-17(26)5-8-21(19)27/h3,5,8-14,18,28H,4,6-7,29H2,1-2H3. The Morgan fingerprint density at radius 3 is 2.72 bits per heavy atom. The van der Waals surface area contributed by atoms with Crippen molar-refractivity contribution in [2.75, 3.05) is 14.1 Å². The van der Waals surface area contributed by atoms with E-state index in [1.807, 2.05) is 18.3 Å². The van der Waals surface area contributed by atoms with Crippen molar-refractivity contribution < 1.29 is 4.39 Å². The predicted octanol–water partition coefficient (Wildman–Crippen LogP) is 5.40. The highest BCUT2D eigenvalue weighted by atomic mass is 35.5. The molecule has 2 heterocycles. The maximum Gasteiger partial charge on any atom is 0.132 e. The van der Waals surface area contributed by atoms with Gasteiger partial charge in [0.25, 0.3) is 0 Å². The number of rotatable bonds is 5. The summed E-state index contributed by atoms with van der Waals surface area (Å²) in [6.07, 6.45) is 8.36. The monoisotopic (exact) mass is 449 g/mol. The number of hydrogen-bond acceptors (Lipinski definition) is 5. The molecule has 4 rings (SSSR count). The van der Waals surface area contributed by atoms with Gasteiger partial charge in [-0.05, 0) is 80.9 Å². The zero-order valence-electron chi connectivity index (χ0n) is 18.1. The second-order valence-electron chi connectivity index (χ2n) is 8.18. The summed E-state index contributed by atoms with van der Waals surface area (Å²) < 4.78 is 14.3. The van der Waals surface area contributed by atoms with Crippen LogP contribution in [0.5, 0.6) is 0 Å². The molecule has 0 radical (unpaired) electrons. The summed E-state index contributed by atoms with van der Waals surface area (Å²) in [4.78, 5) is 11.5. The van der Waals surface area contributed by atoms with Gasteiger partial charge in [0.2, 0.25) is 0 Å². The van der Waals surface area contributed by atoms with Crippen molar-refractivity contribution >= 4 is 45.7 Å². The van der Waals surface area contributed by atoms with E-state index >= 15 is 0 Å². The Hall–Kier alpha value is -3.09. The average molecular weight is 450 g/mol. The lowest BCUT2D eigenvalue weighted by atomic mass is 9.91. The lowest BCUT2D eigenvalue weighted by Crippen LogP contribution is -2.28. The Morgan fingerprint density at radius 1 is 1.22 bits per heavy atom. The summed E-state index contributed by atoms with van der Waals surface area (Å²) >= 11 is 6.02. The number of allylic oxidation sites excluding steroid dienone is 2. The fraction of sp³-hybridized carbons (Fsp3) is 0.240. The molecular weight excluding hydrogens is 425 g/mol. The van der Waals surface area contributed by atoms with Gasteiger partial charge in [-0.1, -0.05) is 17.7 Å². The molecule has 1 atom stereocenters. The highest BCUT2D eigenvalue weighted by molar-refractivity contribution is 6.31. The van der Waals surface area contributed by atoms with Gasteiger partial charge in [0.05, 0.1) is 22.4 Å². The topological polar surface area (TPSA) is 78.9 Å². The molecule has 1 aromatic carbocycles. The predicted molar refractivity (Wildman–Crippen MR) is 130 cm³/mol. The molecule has 0 amide bonds. The second-order valence-corrected chi connectivity index (χ2v) is 8.61. The van der Waals surface area contributed by atoms with Crippen LogP contribution in [0.2, 0.25) is 5.02 Å². The number of aromatic nitrogens is 2. The van der Waals surface area contributed by atoms with Gasteiger partial charge >= 0.3 is 0 Å². The third kappa shape index (κ3) is 4.42. The van der Waals surface area contributed by atoms with E-state index in [4.69, 9.17) is 27.7 Å². The van der Waals surface area contributed by atoms with E-state index in [9.17, 15) is 4.39 Å². The van der Waals surface area contributed by atoms with Crippen LogP contribution in [0, 0.1) is 11.2 Å². The van der Waals surface area contributed by atoms with E-state index in [1.165, 1.54) is 23.8 Å². The number of nitrogens with one attached hydrogen (secondary N) is 1. The summed E-state index contributed by atoms with van der Waals surface area (Å²) in [5.74, 6) is -0.503. The third-order valence-corrected chi connectivity index (χ3v) is 6.19. The second kappa shape index (κ2) is 9.18. The highest BCUT2D eigenvalue weighted by Crippen LogP contribution is 2.30. The van der Waals surface area contributed by atoms with Gasteiger partial charge in [0.15, 0.2) is 0 Å². The smallest absolute Gasteiger partial charge is 0.132 e. The number of nitrogens with zero attached hydrogens (tertiary/aromatic N) is 3. The summed E-state index contributed by atoms with van der Waals surface area (Å²) in [7, 11) is 4.23. The molecule has 3 N–H and O–H groups in total. The van der Waals surface area contributed by atoms with E-state index in [0.29, 0.717) is 27.8 Å². The molecule has 0 saturated heterocycles. The van der Waals surface area contributed by atoms with Crippen LogP contribution in [0.3, 0.4) is 0 Å². The van der Waals surface area contributed by atoms with Gasteiger partial charge in [-0.25, -0.2) is 9.37 Å². The van der Waals surface area contributed by atoms with Crippen LogP contribution in [-0.4, -0.2) is 41.2 Å². The molecule has 0 fully saturated rings. The molecule has 0 bridgehead atoms. The van der Waals surface area contributed by atoms with Crippen molar-refractivity contribution in [2.24, 2.45) is 5.73 Å². The minimum Gasteiger partial charge on any atom is -0.398 e. The maximum atomic E-state index is 14.3. The first-order chi connectivity index (χ1) is 15.4. The summed E-state index contributed by atoms with van der Waals surface area (Å²) in [5.41, 5.74) is 11.1. The first kappa shape index (κ1) is 22.1. The Morgan fingerprint density at radius 2 is 2.03 bits per heavy atom. The van der Waals surface area contributed by atoms with Gasteiger partial charge in [-0.15, -0.1) is 0 Å². The van der Waals surface area contributed by atoms with Crippen molar-refractivity contribution in [2.45, 2.75) is 25.3 Å². The normalized spacial score (nSPS) is 17.3. The molecule has 0 spiro atoms. The number of benzene rings is 1. The summed E-state index contributed by atoms with van der Waals surface area (Å²) in [6.45, 7) is 0. The van der Waals surface area contributed by atoms with Crippen molar-refractivity contribution in [3.8, 4) is 0 Å². The Bertz CT molecular complexity index is 1250. The Balaban J connectivity index is 1.74. The van der Waals surface area contributed by atoms with Crippen LogP contribution in [0.1, 0.15) is 36.1 Å². The molecule has 5 nitrogen and oxygen atoms in total. The van der Waals surface area contributed by atoms with Crippen LogP contribution in [-0.2, 0) is 0 Å². The van der Waals surface area contributed by atoms with Gasteiger partial charge in [0, 0.05) is 34.6 Å². The van der Waals surface area contributed by atoms with Crippen LogP contribution >= 0.6 is 11.6 Å². The molecule has 0 aliphatic heterocycles. The summed E-state index contributed by atoms with van der Waals surface area (Å²) in [5, 5.41) is 8.25. The van der Waals surface area contributed by atoms with E-state index in [-0.39, 0.29) is 11.3 Å². The molecule has 7 heteroatoms. The SMILES string of the molecule is CN(C)C1CC=C(c2cnc3ccc(C(C=N)=C(N)c4cc(Cl)ccc4F)nc3c2)CC1. The first-order valence-corrected chi connectivity index (χ1v) is 10.8. The molecule has 1 unspecified atom stereocenters. The molecule has 1 aliphatic carbocycles. The van der Waals surface area contributed by atoms with Gasteiger partial charge in [-0.2, -0.15) is 0 Å². The number of pyridine rings is 2. The van der Waals surface area contributed by atoms with Gasteiger partial charge < -0.3 is 16.0 Å². The maximum absolute atomic E-state index is 14.3. The van der Waals surface area contributed by atoms with E-state index in [2.05, 4.69) is 30.1 Å². The molecule has 0 saturated carbocycles. The molecular formula is C25H25ClFN5. The van der Waals surface area contributed by atoms with E-state index < -0.39 is 5.82 Å². The quantitative estimate of drug-likeness (QED) is 0.511. The van der Waals surface area contributed by atoms with Crippen molar-refractivity contribution in [3.05, 3.63) is 76.3 Å². The molecule has 2 aromatic heterocycles. The number of fused-ring (bicyclic) bond motifs is 1. The molecule has 3 aromatic rings. The zero-order valence-corrected chi connectivity index (χ0v) is 18.8. The van der Waals surface area contributed by atoms with Crippen LogP contribution in [0.4, 0.5) is 4.39 Å². The molecule has 32 heavy (non-hydrogen) atoms. The van der Waals surface area contributed by atoms with Crippen molar-refractivity contribution in [1.29, 1.82) is 5.41 Å². The Kier molecular flexibility index (Phi) is 6.35. The summed E-state index contributed by atoms with van der Waals surface area (Å²) in [6, 6.07) is 10.3. The minimum atomic E-state index is -0.503. The van der Waals surface area contributed by atoms with E-state index in [1.54, 1.807) is 6.07 Å². The van der Waals surface area contributed by atoms with Crippen LogP contribution < -0.4 is 5.73 Å². The van der Waals surface area contributed by atoms with Crippen molar-refractivity contribution in [3.63, 3.8) is 0 Å². The lowest BCUT2D eigenvalue weighted by Gasteiger charge is -2.27. The molecule has 1 aliphatic rings.